The molecular formula is C15H12BrFN2. The summed E-state index contributed by atoms with van der Waals surface area (Å²) < 4.78 is 14.4. The number of benzene rings is 2. The smallest absolute Gasteiger partial charge is 0.126 e. The molecule has 0 bridgehead atoms. The molecule has 4 heteroatoms. The summed E-state index contributed by atoms with van der Waals surface area (Å²) in [4.78, 5) is 1.91. The molecule has 0 fully saturated rings. The summed E-state index contributed by atoms with van der Waals surface area (Å²) in [5, 5.41) is 8.86. The van der Waals surface area contributed by atoms with E-state index < -0.39 is 5.82 Å². The highest BCUT2D eigenvalue weighted by atomic mass is 79.9. The number of nitriles is 1. The molecule has 0 unspecified atom stereocenters. The molecule has 2 aromatic carbocycles. The molecule has 96 valence electrons. The highest BCUT2D eigenvalue weighted by Gasteiger charge is 2.07. The van der Waals surface area contributed by atoms with E-state index in [1.165, 1.54) is 12.1 Å². The second kappa shape index (κ2) is 5.85. The van der Waals surface area contributed by atoms with Crippen LogP contribution in [0.4, 0.5) is 10.1 Å². The van der Waals surface area contributed by atoms with Crippen LogP contribution in [0, 0.1) is 17.1 Å². The Morgan fingerprint density at radius 2 is 2.00 bits per heavy atom. The highest BCUT2D eigenvalue weighted by molar-refractivity contribution is 9.10. The Kier molecular flexibility index (Phi) is 4.18. The number of hydrogen-bond donors (Lipinski definition) is 0. The zero-order valence-corrected chi connectivity index (χ0v) is 12.0. The zero-order valence-electron chi connectivity index (χ0n) is 10.4. The minimum atomic E-state index is -0.395. The third kappa shape index (κ3) is 3.33. The number of rotatable bonds is 3. The van der Waals surface area contributed by atoms with Crippen molar-refractivity contribution in [3.8, 4) is 6.07 Å². The van der Waals surface area contributed by atoms with Crippen LogP contribution in [0.25, 0.3) is 0 Å². The Morgan fingerprint density at radius 1 is 1.26 bits per heavy atom. The van der Waals surface area contributed by atoms with Crippen LogP contribution in [-0.2, 0) is 6.54 Å². The first-order valence-electron chi connectivity index (χ1n) is 5.75. The summed E-state index contributed by atoms with van der Waals surface area (Å²) in [5.41, 5.74) is 2.12. The molecule has 0 N–H and O–H groups in total. The molecule has 0 aliphatic rings. The van der Waals surface area contributed by atoms with E-state index in [9.17, 15) is 4.39 Å². The Labute approximate surface area is 120 Å². The van der Waals surface area contributed by atoms with E-state index in [0.29, 0.717) is 17.8 Å². The van der Waals surface area contributed by atoms with Gasteiger partial charge < -0.3 is 4.90 Å². The first-order valence-corrected chi connectivity index (χ1v) is 6.54. The Bertz CT molecular complexity index is 634. The van der Waals surface area contributed by atoms with Crippen LogP contribution in [-0.4, -0.2) is 7.05 Å². The summed E-state index contributed by atoms with van der Waals surface area (Å²) in [5.74, 6) is -0.395. The van der Waals surface area contributed by atoms with E-state index in [-0.39, 0.29) is 0 Å². The molecule has 0 saturated heterocycles. The Balaban J connectivity index is 2.26. The second-order valence-corrected chi connectivity index (χ2v) is 5.11. The van der Waals surface area contributed by atoms with Gasteiger partial charge in [-0.1, -0.05) is 34.1 Å². The topological polar surface area (TPSA) is 27.0 Å². The normalized spacial score (nSPS) is 10.0. The van der Waals surface area contributed by atoms with E-state index in [1.54, 1.807) is 6.07 Å². The molecule has 0 saturated carbocycles. The monoisotopic (exact) mass is 318 g/mol. The fourth-order valence-corrected chi connectivity index (χ4v) is 2.24. The summed E-state index contributed by atoms with van der Waals surface area (Å²) >= 11 is 3.49. The third-order valence-corrected chi connectivity index (χ3v) is 3.59. The van der Waals surface area contributed by atoms with Crippen LogP contribution in [0.3, 0.4) is 0 Å². The molecule has 2 rings (SSSR count). The van der Waals surface area contributed by atoms with Crippen LogP contribution in [0.15, 0.2) is 46.9 Å². The van der Waals surface area contributed by atoms with Gasteiger partial charge in [0.15, 0.2) is 0 Å². The summed E-state index contributed by atoms with van der Waals surface area (Å²) in [6.45, 7) is 0.635. The summed E-state index contributed by atoms with van der Waals surface area (Å²) in [7, 11) is 1.87. The molecule has 0 radical (unpaired) electrons. The van der Waals surface area contributed by atoms with E-state index in [4.69, 9.17) is 5.26 Å². The molecular weight excluding hydrogens is 307 g/mol. The molecule has 2 aromatic rings. The van der Waals surface area contributed by atoms with Crippen molar-refractivity contribution in [2.24, 2.45) is 0 Å². The van der Waals surface area contributed by atoms with Crippen LogP contribution in [0.1, 0.15) is 11.1 Å². The fourth-order valence-electron chi connectivity index (χ4n) is 1.83. The maximum absolute atomic E-state index is 13.4. The molecule has 0 amide bonds. The lowest BCUT2D eigenvalue weighted by molar-refractivity contribution is 0.626. The van der Waals surface area contributed by atoms with E-state index in [0.717, 1.165) is 10.0 Å². The lowest BCUT2D eigenvalue weighted by Gasteiger charge is -2.20. The van der Waals surface area contributed by atoms with Crippen LogP contribution in [0.2, 0.25) is 0 Å². The number of anilines is 1. The molecule has 2 nitrogen and oxygen atoms in total. The van der Waals surface area contributed by atoms with E-state index in [1.807, 2.05) is 42.3 Å². The molecule has 0 atom stereocenters. The van der Waals surface area contributed by atoms with Crippen molar-refractivity contribution >= 4 is 21.6 Å². The van der Waals surface area contributed by atoms with Crippen molar-refractivity contribution in [1.82, 2.24) is 0 Å². The fraction of sp³-hybridized carbons (Fsp3) is 0.133. The standard InChI is InChI=1S/C15H12BrFN2/c1-19(10-12-4-2-3-5-15(12)16)14-7-11(9-18)6-13(17)8-14/h2-8H,10H2,1H3. The predicted molar refractivity (Wildman–Crippen MR) is 77.4 cm³/mol. The number of nitrogens with zero attached hydrogens (tertiary/aromatic N) is 2. The number of halogens is 2. The quantitative estimate of drug-likeness (QED) is 0.852. The van der Waals surface area contributed by atoms with Gasteiger partial charge in [-0.05, 0) is 29.8 Å². The minimum Gasteiger partial charge on any atom is -0.370 e. The molecule has 0 aliphatic heterocycles. The van der Waals surface area contributed by atoms with Gasteiger partial charge in [0.25, 0.3) is 0 Å². The average molecular weight is 319 g/mol. The van der Waals surface area contributed by atoms with Gasteiger partial charge in [-0.15, -0.1) is 0 Å². The minimum absolute atomic E-state index is 0.328. The van der Waals surface area contributed by atoms with Crippen molar-refractivity contribution in [2.75, 3.05) is 11.9 Å². The molecule has 0 heterocycles. The van der Waals surface area contributed by atoms with Crippen molar-refractivity contribution in [3.05, 3.63) is 63.9 Å². The van der Waals surface area contributed by atoms with Gasteiger partial charge in [-0.25, -0.2) is 4.39 Å². The van der Waals surface area contributed by atoms with Gasteiger partial charge in [-0.3, -0.25) is 0 Å². The summed E-state index contributed by atoms with van der Waals surface area (Å²) in [6.07, 6.45) is 0. The Morgan fingerprint density at radius 3 is 2.68 bits per heavy atom. The van der Waals surface area contributed by atoms with Gasteiger partial charge in [0, 0.05) is 23.8 Å². The van der Waals surface area contributed by atoms with Gasteiger partial charge in [0.05, 0.1) is 11.6 Å². The predicted octanol–water partition coefficient (Wildman–Crippen LogP) is 4.10. The molecule has 0 aromatic heterocycles. The SMILES string of the molecule is CN(Cc1ccccc1Br)c1cc(F)cc(C#N)c1. The van der Waals surface area contributed by atoms with Crippen molar-refractivity contribution in [1.29, 1.82) is 5.26 Å². The maximum Gasteiger partial charge on any atom is 0.126 e. The second-order valence-electron chi connectivity index (χ2n) is 4.26. The zero-order chi connectivity index (χ0) is 13.8. The van der Waals surface area contributed by atoms with E-state index in [2.05, 4.69) is 15.9 Å². The van der Waals surface area contributed by atoms with E-state index >= 15 is 0 Å². The van der Waals surface area contributed by atoms with Gasteiger partial charge in [0.1, 0.15) is 5.82 Å². The highest BCUT2D eigenvalue weighted by Crippen LogP contribution is 2.22. The molecule has 19 heavy (non-hydrogen) atoms. The van der Waals surface area contributed by atoms with Gasteiger partial charge in [-0.2, -0.15) is 5.26 Å². The van der Waals surface area contributed by atoms with Crippen molar-refractivity contribution in [3.63, 3.8) is 0 Å². The summed E-state index contributed by atoms with van der Waals surface area (Å²) in [6, 6.07) is 14.2. The van der Waals surface area contributed by atoms with Crippen molar-refractivity contribution in [2.45, 2.75) is 6.54 Å². The maximum atomic E-state index is 13.4. The lowest BCUT2D eigenvalue weighted by Crippen LogP contribution is -2.17. The number of hydrogen-bond acceptors (Lipinski definition) is 2. The molecule has 0 aliphatic carbocycles. The average Bonchev–Trinajstić information content (AvgIpc) is 2.40. The molecule has 0 spiro atoms. The van der Waals surface area contributed by atoms with Crippen molar-refractivity contribution < 1.29 is 4.39 Å². The largest absolute Gasteiger partial charge is 0.370 e. The Hall–Kier alpha value is -1.86. The van der Waals surface area contributed by atoms with Gasteiger partial charge >= 0.3 is 0 Å². The van der Waals surface area contributed by atoms with Crippen LogP contribution in [0.5, 0.6) is 0 Å². The third-order valence-electron chi connectivity index (χ3n) is 2.82. The van der Waals surface area contributed by atoms with Crippen LogP contribution >= 0.6 is 15.9 Å². The van der Waals surface area contributed by atoms with Gasteiger partial charge in [0.2, 0.25) is 0 Å². The lowest BCUT2D eigenvalue weighted by atomic mass is 10.1. The first kappa shape index (κ1) is 13.6. The van der Waals surface area contributed by atoms with Crippen LogP contribution < -0.4 is 4.90 Å². The first-order chi connectivity index (χ1) is 9.10.